The van der Waals surface area contributed by atoms with E-state index in [0.29, 0.717) is 22.9 Å². The van der Waals surface area contributed by atoms with Gasteiger partial charge >= 0.3 is 5.97 Å². The van der Waals surface area contributed by atoms with E-state index in [9.17, 15) is 4.79 Å². The van der Waals surface area contributed by atoms with Gasteiger partial charge in [0.25, 0.3) is 0 Å². The molecule has 0 amide bonds. The molecule has 0 heterocycles. The highest BCUT2D eigenvalue weighted by atomic mass is 16.5. The molecule has 5 nitrogen and oxygen atoms in total. The van der Waals surface area contributed by atoms with Gasteiger partial charge in [0.05, 0.1) is 5.56 Å². The average Bonchev–Trinajstić information content (AvgIpc) is 2.82. The predicted octanol–water partition coefficient (Wildman–Crippen LogP) is 4.77. The van der Waals surface area contributed by atoms with E-state index in [2.05, 4.69) is 89.0 Å². The van der Waals surface area contributed by atoms with E-state index < -0.39 is 5.97 Å². The summed E-state index contributed by atoms with van der Waals surface area (Å²) in [5.74, 6) is 34.3. The van der Waals surface area contributed by atoms with Crippen LogP contribution < -0.4 is 20.9 Å². The summed E-state index contributed by atoms with van der Waals surface area (Å²) in [6.07, 6.45) is 7.35. The van der Waals surface area contributed by atoms with E-state index >= 15 is 0 Å². The van der Waals surface area contributed by atoms with Gasteiger partial charge in [0.15, 0.2) is 0 Å². The molecule has 0 aliphatic rings. The van der Waals surface area contributed by atoms with Crippen LogP contribution in [0.3, 0.4) is 0 Å². The Labute approximate surface area is 214 Å². The summed E-state index contributed by atoms with van der Waals surface area (Å²) < 4.78 is 10.5. The Morgan fingerprint density at radius 3 is 1.62 bits per heavy atom. The summed E-state index contributed by atoms with van der Waals surface area (Å²) >= 11 is 0. The van der Waals surface area contributed by atoms with E-state index in [1.54, 1.807) is 30.3 Å². The number of anilines is 2. The zero-order valence-electron chi connectivity index (χ0n) is 17.5. The average molecular weight is 459 g/mol. The number of nitrogen functional groups attached to an aromatic ring is 2. The Kier molecular flexibility index (Phi) is 9.85. The van der Waals surface area contributed by atoms with Crippen molar-refractivity contribution >= 4 is 17.3 Å². The van der Waals surface area contributed by atoms with Crippen LogP contribution in [0.5, 0.6) is 11.5 Å². The SMILES string of the molecule is C#CC#CC#CC#CC#CC#CC#CC#COc1ccc(OC(=O)c2cc(N)cc(N)c2)cc1.[HH].[HH].[HH].[HH].[HH].[HH].[HH].[HH].[HH].[HH].[HH]. The number of carbonyl (C=O) groups excluding carboxylic acids is 1. The molecular formula is C29H34N2O3. The van der Waals surface area contributed by atoms with Crippen molar-refractivity contribution in [3.63, 3.8) is 0 Å². The highest BCUT2D eigenvalue weighted by molar-refractivity contribution is 5.93. The van der Waals surface area contributed by atoms with Gasteiger partial charge in [-0.05, 0) is 83.9 Å². The number of carbonyl (C=O) groups is 1. The molecule has 5 heteroatoms. The molecule has 4 N–H and O–H groups in total. The van der Waals surface area contributed by atoms with Crippen molar-refractivity contribution < 1.29 is 30.0 Å². The standard InChI is InChI=1S/C29H12N2O3.11H2/c1-2-3-4-5-6-7-8-9-10-11-12-13-14-15-20-33-27-16-18-28(19-17-27)34-29(32)24-21-25(30)23-26(31)22-24;;;;;;;;;;;/h1,16-19,21-23H,30-31H2;11*1H. The van der Waals surface area contributed by atoms with Crippen molar-refractivity contribution in [1.82, 2.24) is 0 Å². The maximum atomic E-state index is 12.2. The molecule has 0 aliphatic heterocycles. The van der Waals surface area contributed by atoms with Gasteiger partial charge in [0.2, 0.25) is 0 Å². The second kappa shape index (κ2) is 13.9. The quantitative estimate of drug-likeness (QED) is 0.299. The van der Waals surface area contributed by atoms with Gasteiger partial charge in [0, 0.05) is 68.5 Å². The lowest BCUT2D eigenvalue weighted by atomic mass is 10.2. The molecule has 178 valence electrons. The molecule has 0 aromatic heterocycles. The first kappa shape index (κ1) is 24.1. The molecule has 34 heavy (non-hydrogen) atoms. The van der Waals surface area contributed by atoms with Crippen LogP contribution in [0.4, 0.5) is 11.4 Å². The fraction of sp³-hybridized carbons (Fsp3) is 0. The fourth-order valence-corrected chi connectivity index (χ4v) is 2.03. The summed E-state index contributed by atoms with van der Waals surface area (Å²) in [4.78, 5) is 12.2. The fourth-order valence-electron chi connectivity index (χ4n) is 2.03. The van der Waals surface area contributed by atoms with Crippen molar-refractivity contribution in [2.75, 3.05) is 11.5 Å². The largest absolute Gasteiger partial charge is 0.423 e. The maximum Gasteiger partial charge on any atom is 0.343 e. The van der Waals surface area contributed by atoms with Gasteiger partial charge in [0.1, 0.15) is 17.6 Å². The summed E-state index contributed by atoms with van der Waals surface area (Å²) in [6, 6.07) is 10.8. The molecule has 0 unspecified atom stereocenters. The van der Waals surface area contributed by atoms with Gasteiger partial charge < -0.3 is 20.9 Å². The third-order valence-corrected chi connectivity index (χ3v) is 3.29. The van der Waals surface area contributed by atoms with Crippen molar-refractivity contribution in [2.45, 2.75) is 0 Å². The number of terminal acetylenes is 1. The normalized spacial score (nSPS) is 7.26. The third kappa shape index (κ3) is 9.53. The molecule has 2 aromatic carbocycles. The lowest BCUT2D eigenvalue weighted by Gasteiger charge is -2.06. The number of rotatable bonds is 3. The van der Waals surface area contributed by atoms with Crippen LogP contribution in [-0.4, -0.2) is 5.97 Å². The topological polar surface area (TPSA) is 87.6 Å². The lowest BCUT2D eigenvalue weighted by Crippen LogP contribution is -2.09. The van der Waals surface area contributed by atoms with Gasteiger partial charge in [-0.3, -0.25) is 0 Å². The Balaban J connectivity index is -0.000000139. The van der Waals surface area contributed by atoms with Crippen LogP contribution in [0.1, 0.15) is 26.1 Å². The Morgan fingerprint density at radius 2 is 1.12 bits per heavy atom. The van der Waals surface area contributed by atoms with Crippen LogP contribution in [0.2, 0.25) is 0 Å². The number of hydrogen-bond acceptors (Lipinski definition) is 5. The van der Waals surface area contributed by atoms with Gasteiger partial charge in [-0.15, -0.1) is 6.42 Å². The molecule has 0 bridgehead atoms. The predicted molar refractivity (Wildman–Crippen MR) is 154 cm³/mol. The van der Waals surface area contributed by atoms with Crippen LogP contribution >= 0.6 is 0 Å². The number of hydrogen-bond donors (Lipinski definition) is 2. The van der Waals surface area contributed by atoms with Gasteiger partial charge in [-0.25, -0.2) is 4.79 Å². The first-order valence-corrected chi connectivity index (χ1v) is 9.19. The van der Waals surface area contributed by atoms with Crippen molar-refractivity contribution in [2.24, 2.45) is 0 Å². The van der Waals surface area contributed by atoms with Crippen LogP contribution in [0, 0.1) is 95.4 Å². The van der Waals surface area contributed by atoms with Crippen molar-refractivity contribution in [1.29, 1.82) is 0 Å². The monoisotopic (exact) mass is 458 g/mol. The highest BCUT2D eigenvalue weighted by Crippen LogP contribution is 2.20. The molecule has 0 saturated heterocycles. The highest BCUT2D eigenvalue weighted by Gasteiger charge is 2.10. The number of ether oxygens (including phenoxy) is 2. The molecule has 2 aromatic rings. The molecule has 2 rings (SSSR count). The zero-order valence-corrected chi connectivity index (χ0v) is 17.5. The Morgan fingerprint density at radius 1 is 0.676 bits per heavy atom. The molecule has 0 atom stereocenters. The molecular weight excluding hydrogens is 424 g/mol. The summed E-state index contributed by atoms with van der Waals surface area (Å²) in [5, 5.41) is 0. The van der Waals surface area contributed by atoms with Crippen molar-refractivity contribution in [3.8, 4) is 107 Å². The van der Waals surface area contributed by atoms with Crippen molar-refractivity contribution in [3.05, 3.63) is 48.0 Å². The second-order valence-corrected chi connectivity index (χ2v) is 5.72. The van der Waals surface area contributed by atoms with Crippen LogP contribution in [0.15, 0.2) is 42.5 Å². The second-order valence-electron chi connectivity index (χ2n) is 5.72. The Bertz CT molecular complexity index is 1590. The van der Waals surface area contributed by atoms with Crippen LogP contribution in [-0.2, 0) is 0 Å². The maximum absolute atomic E-state index is 12.2. The molecule has 0 fully saturated rings. The number of esters is 1. The van der Waals surface area contributed by atoms with E-state index in [1.165, 1.54) is 12.1 Å². The molecule has 0 spiro atoms. The number of benzene rings is 2. The summed E-state index contributed by atoms with van der Waals surface area (Å²) in [6.45, 7) is 0. The zero-order chi connectivity index (χ0) is 24.4. The molecule has 0 saturated carbocycles. The molecule has 0 aliphatic carbocycles. The summed E-state index contributed by atoms with van der Waals surface area (Å²) in [5.41, 5.74) is 12.4. The third-order valence-electron chi connectivity index (χ3n) is 3.29. The van der Waals surface area contributed by atoms with E-state index in [-0.39, 0.29) is 21.3 Å². The first-order chi connectivity index (χ1) is 16.6. The van der Waals surface area contributed by atoms with Gasteiger partial charge in [-0.1, -0.05) is 0 Å². The lowest BCUT2D eigenvalue weighted by molar-refractivity contribution is 0.0734. The van der Waals surface area contributed by atoms with E-state index in [4.69, 9.17) is 27.4 Å². The summed E-state index contributed by atoms with van der Waals surface area (Å²) in [7, 11) is 0. The van der Waals surface area contributed by atoms with Crippen LogP contribution in [0.25, 0.3) is 0 Å². The number of nitrogens with two attached hydrogens (primary N) is 2. The molecule has 0 radical (unpaired) electrons. The minimum atomic E-state index is -0.583. The Hall–Kier alpha value is -6.21. The minimum absolute atomic E-state index is 0. The smallest absolute Gasteiger partial charge is 0.343 e. The van der Waals surface area contributed by atoms with E-state index in [0.717, 1.165) is 0 Å². The first-order valence-electron chi connectivity index (χ1n) is 9.19. The minimum Gasteiger partial charge on any atom is -0.423 e. The van der Waals surface area contributed by atoms with Gasteiger partial charge in [-0.2, -0.15) is 0 Å². The van der Waals surface area contributed by atoms with E-state index in [1.807, 2.05) is 0 Å².